The molecule has 3 N–H and O–H groups in total. The Bertz CT molecular complexity index is 762. The number of ether oxygens (including phenoxy) is 1. The number of aryl methyl sites for hydroxylation is 1. The highest BCUT2D eigenvalue weighted by molar-refractivity contribution is 5.80. The Labute approximate surface area is 117 Å². The molecular formula is C16H17N3O. The van der Waals surface area contributed by atoms with Crippen LogP contribution in [-0.2, 0) is 6.42 Å². The Morgan fingerprint density at radius 3 is 2.75 bits per heavy atom. The summed E-state index contributed by atoms with van der Waals surface area (Å²) in [5.41, 5.74) is 10.8. The molecule has 2 aromatic carbocycles. The monoisotopic (exact) mass is 267 g/mol. The van der Waals surface area contributed by atoms with Crippen molar-refractivity contribution in [2.75, 3.05) is 12.8 Å². The van der Waals surface area contributed by atoms with Crippen LogP contribution in [0, 0.1) is 0 Å². The average Bonchev–Trinajstić information content (AvgIpc) is 2.89. The van der Waals surface area contributed by atoms with Crippen LogP contribution in [0.3, 0.4) is 0 Å². The second kappa shape index (κ2) is 4.89. The number of nitrogens with zero attached hydrogens (tertiary/aromatic N) is 1. The number of nitrogens with two attached hydrogens (primary N) is 1. The molecule has 0 bridgehead atoms. The van der Waals surface area contributed by atoms with Gasteiger partial charge in [0.1, 0.15) is 11.6 Å². The Morgan fingerprint density at radius 2 is 2.05 bits per heavy atom. The van der Waals surface area contributed by atoms with Gasteiger partial charge in [0.15, 0.2) is 0 Å². The molecule has 0 aliphatic heterocycles. The first-order chi connectivity index (χ1) is 9.71. The minimum absolute atomic E-state index is 0.611. The van der Waals surface area contributed by atoms with Gasteiger partial charge in [-0.05, 0) is 42.3 Å². The number of hydrogen-bond acceptors (Lipinski definition) is 3. The van der Waals surface area contributed by atoms with Gasteiger partial charge in [-0.15, -0.1) is 0 Å². The highest BCUT2D eigenvalue weighted by Gasteiger charge is 2.08. The lowest BCUT2D eigenvalue weighted by Gasteiger charge is -2.05. The summed E-state index contributed by atoms with van der Waals surface area (Å²) < 4.78 is 5.17. The predicted molar refractivity (Wildman–Crippen MR) is 81.9 cm³/mol. The van der Waals surface area contributed by atoms with Gasteiger partial charge >= 0.3 is 0 Å². The lowest BCUT2D eigenvalue weighted by Crippen LogP contribution is -1.92. The van der Waals surface area contributed by atoms with E-state index in [1.807, 2.05) is 24.3 Å². The lowest BCUT2D eigenvalue weighted by atomic mass is 10.1. The number of imidazole rings is 1. The smallest absolute Gasteiger partial charge is 0.141 e. The predicted octanol–water partition coefficient (Wildman–Crippen LogP) is 3.38. The van der Waals surface area contributed by atoms with Crippen molar-refractivity contribution in [2.45, 2.75) is 13.3 Å². The maximum Gasteiger partial charge on any atom is 0.141 e. The molecule has 0 radical (unpaired) electrons. The van der Waals surface area contributed by atoms with Crippen molar-refractivity contribution in [3.05, 3.63) is 42.0 Å². The number of H-pyrrole nitrogens is 1. The number of methoxy groups -OCH3 is 1. The quantitative estimate of drug-likeness (QED) is 0.715. The van der Waals surface area contributed by atoms with E-state index in [1.54, 1.807) is 7.11 Å². The third-order valence-electron chi connectivity index (χ3n) is 3.46. The van der Waals surface area contributed by atoms with Gasteiger partial charge in [-0.1, -0.05) is 13.0 Å². The maximum atomic E-state index is 5.94. The molecule has 0 atom stereocenters. The van der Waals surface area contributed by atoms with E-state index >= 15 is 0 Å². The zero-order chi connectivity index (χ0) is 14.1. The van der Waals surface area contributed by atoms with Gasteiger partial charge in [0, 0.05) is 5.56 Å². The second-order valence-electron chi connectivity index (χ2n) is 4.75. The summed E-state index contributed by atoms with van der Waals surface area (Å²) in [5, 5.41) is 0. The molecule has 0 fully saturated rings. The van der Waals surface area contributed by atoms with Gasteiger partial charge < -0.3 is 15.5 Å². The lowest BCUT2D eigenvalue weighted by molar-refractivity contribution is 0.417. The largest absolute Gasteiger partial charge is 0.495 e. The maximum absolute atomic E-state index is 5.94. The number of nitrogen functional groups attached to an aromatic ring is 1. The summed E-state index contributed by atoms with van der Waals surface area (Å²) in [6.07, 6.45) is 1.01. The highest BCUT2D eigenvalue weighted by Crippen LogP contribution is 2.28. The van der Waals surface area contributed by atoms with Gasteiger partial charge in [-0.2, -0.15) is 0 Å². The summed E-state index contributed by atoms with van der Waals surface area (Å²) in [5.74, 6) is 1.50. The third kappa shape index (κ3) is 2.09. The van der Waals surface area contributed by atoms with Gasteiger partial charge in [-0.25, -0.2) is 4.98 Å². The van der Waals surface area contributed by atoms with Crippen LogP contribution < -0.4 is 10.5 Å². The SMILES string of the molecule is CCc1ccc2nc(-c3ccc(OC)c(N)c3)[nH]c2c1. The van der Waals surface area contributed by atoms with Crippen LogP contribution in [-0.4, -0.2) is 17.1 Å². The zero-order valence-corrected chi connectivity index (χ0v) is 11.6. The van der Waals surface area contributed by atoms with Gasteiger partial charge in [0.05, 0.1) is 23.8 Å². The van der Waals surface area contributed by atoms with Gasteiger partial charge in [-0.3, -0.25) is 0 Å². The van der Waals surface area contributed by atoms with Crippen molar-refractivity contribution < 1.29 is 4.74 Å². The van der Waals surface area contributed by atoms with Crippen LogP contribution in [0.2, 0.25) is 0 Å². The molecular weight excluding hydrogens is 250 g/mol. The van der Waals surface area contributed by atoms with E-state index < -0.39 is 0 Å². The number of hydrogen-bond donors (Lipinski definition) is 2. The number of benzene rings is 2. The fourth-order valence-corrected chi connectivity index (χ4v) is 2.30. The first kappa shape index (κ1) is 12.5. The topological polar surface area (TPSA) is 63.9 Å². The number of fused-ring (bicyclic) bond motifs is 1. The second-order valence-corrected chi connectivity index (χ2v) is 4.75. The number of anilines is 1. The normalized spacial score (nSPS) is 10.9. The standard InChI is InChI=1S/C16H17N3O/c1-3-10-4-6-13-14(8-10)19-16(18-13)11-5-7-15(20-2)12(17)9-11/h4-9H,3,17H2,1-2H3,(H,18,19). The fourth-order valence-electron chi connectivity index (χ4n) is 2.30. The molecule has 102 valence electrons. The van der Waals surface area contributed by atoms with Crippen molar-refractivity contribution in [1.29, 1.82) is 0 Å². The summed E-state index contributed by atoms with van der Waals surface area (Å²) >= 11 is 0. The number of rotatable bonds is 3. The molecule has 20 heavy (non-hydrogen) atoms. The average molecular weight is 267 g/mol. The molecule has 0 spiro atoms. The van der Waals surface area contributed by atoms with E-state index in [1.165, 1.54) is 5.56 Å². The van der Waals surface area contributed by atoms with Crippen LogP contribution in [0.5, 0.6) is 5.75 Å². The number of aromatic nitrogens is 2. The Morgan fingerprint density at radius 1 is 1.20 bits per heavy atom. The van der Waals surface area contributed by atoms with E-state index in [0.29, 0.717) is 11.4 Å². The summed E-state index contributed by atoms with van der Waals surface area (Å²) in [6, 6.07) is 12.0. The molecule has 3 rings (SSSR count). The highest BCUT2D eigenvalue weighted by atomic mass is 16.5. The molecule has 0 saturated heterocycles. The molecule has 3 aromatic rings. The van der Waals surface area contributed by atoms with Crippen molar-refractivity contribution >= 4 is 16.7 Å². The zero-order valence-electron chi connectivity index (χ0n) is 11.6. The Hall–Kier alpha value is -2.49. The summed E-state index contributed by atoms with van der Waals surface area (Å²) in [6.45, 7) is 2.14. The first-order valence-electron chi connectivity index (χ1n) is 6.63. The number of nitrogens with one attached hydrogen (secondary N) is 1. The molecule has 0 saturated carbocycles. The summed E-state index contributed by atoms with van der Waals surface area (Å²) in [4.78, 5) is 7.95. The van der Waals surface area contributed by atoms with E-state index in [-0.39, 0.29) is 0 Å². The Kier molecular flexibility index (Phi) is 3.06. The third-order valence-corrected chi connectivity index (χ3v) is 3.46. The molecule has 0 aliphatic carbocycles. The van der Waals surface area contributed by atoms with E-state index in [4.69, 9.17) is 10.5 Å². The molecule has 4 nitrogen and oxygen atoms in total. The molecule has 1 heterocycles. The molecule has 0 unspecified atom stereocenters. The van der Waals surface area contributed by atoms with Gasteiger partial charge in [0.25, 0.3) is 0 Å². The van der Waals surface area contributed by atoms with Crippen LogP contribution >= 0.6 is 0 Å². The molecule has 0 aliphatic rings. The minimum atomic E-state index is 0.611. The molecule has 4 heteroatoms. The van der Waals surface area contributed by atoms with Gasteiger partial charge in [0.2, 0.25) is 0 Å². The summed E-state index contributed by atoms with van der Waals surface area (Å²) in [7, 11) is 1.61. The fraction of sp³-hybridized carbons (Fsp3) is 0.188. The molecule has 1 aromatic heterocycles. The van der Waals surface area contributed by atoms with Crippen LogP contribution in [0.4, 0.5) is 5.69 Å². The number of aromatic amines is 1. The van der Waals surface area contributed by atoms with E-state index in [2.05, 4.69) is 29.0 Å². The van der Waals surface area contributed by atoms with Crippen molar-refractivity contribution in [2.24, 2.45) is 0 Å². The van der Waals surface area contributed by atoms with Crippen LogP contribution in [0.25, 0.3) is 22.4 Å². The van der Waals surface area contributed by atoms with E-state index in [0.717, 1.165) is 28.8 Å². The van der Waals surface area contributed by atoms with Crippen molar-refractivity contribution in [1.82, 2.24) is 9.97 Å². The minimum Gasteiger partial charge on any atom is -0.495 e. The van der Waals surface area contributed by atoms with Crippen molar-refractivity contribution in [3.8, 4) is 17.1 Å². The molecule has 0 amide bonds. The first-order valence-corrected chi connectivity index (χ1v) is 6.63. The van der Waals surface area contributed by atoms with Crippen LogP contribution in [0.15, 0.2) is 36.4 Å². The van der Waals surface area contributed by atoms with Crippen molar-refractivity contribution in [3.63, 3.8) is 0 Å². The Balaban J connectivity index is 2.07. The van der Waals surface area contributed by atoms with Crippen LogP contribution in [0.1, 0.15) is 12.5 Å². The van der Waals surface area contributed by atoms with E-state index in [9.17, 15) is 0 Å².